The van der Waals surface area contributed by atoms with E-state index in [9.17, 15) is 4.79 Å². The molecule has 4 heteroatoms. The van der Waals surface area contributed by atoms with Crippen LogP contribution in [0.5, 0.6) is 0 Å². The van der Waals surface area contributed by atoms with Crippen molar-refractivity contribution in [1.82, 2.24) is 15.2 Å². The van der Waals surface area contributed by atoms with Crippen LogP contribution in [0.2, 0.25) is 0 Å². The lowest BCUT2D eigenvalue weighted by Gasteiger charge is -2.27. The van der Waals surface area contributed by atoms with Gasteiger partial charge in [0, 0.05) is 30.7 Å². The second-order valence-corrected chi connectivity index (χ2v) is 5.11. The van der Waals surface area contributed by atoms with Crippen LogP contribution in [0.25, 0.3) is 10.9 Å². The van der Waals surface area contributed by atoms with Crippen LogP contribution in [0.1, 0.15) is 23.7 Å². The predicted octanol–water partition coefficient (Wildman–Crippen LogP) is 2.06. The molecular weight excluding hydrogens is 250 g/mol. The first-order chi connectivity index (χ1) is 9.81. The molecule has 1 unspecified atom stereocenters. The van der Waals surface area contributed by atoms with E-state index in [0.29, 0.717) is 6.04 Å². The first kappa shape index (κ1) is 13.1. The average Bonchev–Trinajstić information content (AvgIpc) is 3.01. The molecule has 3 rings (SSSR count). The fourth-order valence-electron chi connectivity index (χ4n) is 2.91. The van der Waals surface area contributed by atoms with E-state index >= 15 is 0 Å². The van der Waals surface area contributed by atoms with Crippen molar-refractivity contribution >= 4 is 16.8 Å². The van der Waals surface area contributed by atoms with E-state index in [2.05, 4.69) is 10.3 Å². The molecule has 0 radical (unpaired) electrons. The zero-order chi connectivity index (χ0) is 13.9. The van der Waals surface area contributed by atoms with Gasteiger partial charge in [0.2, 0.25) is 0 Å². The van der Waals surface area contributed by atoms with Crippen LogP contribution in [0.15, 0.2) is 36.5 Å². The second kappa shape index (κ2) is 5.59. The quantitative estimate of drug-likeness (QED) is 0.927. The maximum absolute atomic E-state index is 12.8. The average molecular weight is 269 g/mol. The third-order valence-corrected chi connectivity index (χ3v) is 3.96. The van der Waals surface area contributed by atoms with Gasteiger partial charge in [-0.2, -0.15) is 0 Å². The van der Waals surface area contributed by atoms with Crippen molar-refractivity contribution in [3.8, 4) is 0 Å². The highest BCUT2D eigenvalue weighted by Crippen LogP contribution is 2.20. The summed E-state index contributed by atoms with van der Waals surface area (Å²) in [5.74, 6) is 0.111. The minimum Gasteiger partial charge on any atom is -0.335 e. The first-order valence-electron chi connectivity index (χ1n) is 7.16. The number of para-hydroxylation sites is 1. The van der Waals surface area contributed by atoms with Gasteiger partial charge in [-0.15, -0.1) is 0 Å². The summed E-state index contributed by atoms with van der Waals surface area (Å²) in [5, 5.41) is 4.26. The smallest absolute Gasteiger partial charge is 0.254 e. The summed E-state index contributed by atoms with van der Waals surface area (Å²) in [7, 11) is 0. The van der Waals surface area contributed by atoms with Crippen LogP contribution < -0.4 is 5.32 Å². The fourth-order valence-corrected chi connectivity index (χ4v) is 2.91. The number of likely N-dealkylation sites (N-methyl/N-ethyl adjacent to an activating group) is 1. The van der Waals surface area contributed by atoms with Crippen molar-refractivity contribution in [1.29, 1.82) is 0 Å². The predicted molar refractivity (Wildman–Crippen MR) is 79.7 cm³/mol. The van der Waals surface area contributed by atoms with E-state index < -0.39 is 0 Å². The number of fused-ring (bicyclic) bond motifs is 1. The zero-order valence-electron chi connectivity index (χ0n) is 11.7. The van der Waals surface area contributed by atoms with Gasteiger partial charge in [0.15, 0.2) is 0 Å². The maximum Gasteiger partial charge on any atom is 0.254 e. The third kappa shape index (κ3) is 2.27. The molecule has 1 aliphatic rings. The van der Waals surface area contributed by atoms with Crippen LogP contribution in [0, 0.1) is 0 Å². The summed E-state index contributed by atoms with van der Waals surface area (Å²) >= 11 is 0. The molecule has 0 saturated carbocycles. The molecular formula is C16H19N3O. The minimum absolute atomic E-state index is 0.111. The maximum atomic E-state index is 12.8. The van der Waals surface area contributed by atoms with E-state index in [1.54, 1.807) is 6.20 Å². The van der Waals surface area contributed by atoms with Gasteiger partial charge >= 0.3 is 0 Å². The normalized spacial score (nSPS) is 18.4. The van der Waals surface area contributed by atoms with Crippen molar-refractivity contribution in [3.63, 3.8) is 0 Å². The second-order valence-electron chi connectivity index (χ2n) is 5.11. The highest BCUT2D eigenvalue weighted by molar-refractivity contribution is 6.06. The number of nitrogens with zero attached hydrogens (tertiary/aromatic N) is 2. The Morgan fingerprint density at radius 1 is 1.40 bits per heavy atom. The Hall–Kier alpha value is -1.94. The minimum atomic E-state index is 0.111. The van der Waals surface area contributed by atoms with E-state index in [-0.39, 0.29) is 5.91 Å². The number of amides is 1. The number of nitrogens with one attached hydrogen (secondary N) is 1. The number of aromatic nitrogens is 1. The summed E-state index contributed by atoms with van der Waals surface area (Å²) in [6, 6.07) is 9.95. The molecule has 2 heterocycles. The van der Waals surface area contributed by atoms with Gasteiger partial charge in [0.25, 0.3) is 5.91 Å². The Balaban J connectivity index is 1.98. The first-order valence-corrected chi connectivity index (χ1v) is 7.16. The molecule has 1 aromatic carbocycles. The van der Waals surface area contributed by atoms with Crippen LogP contribution in [-0.4, -0.2) is 41.5 Å². The molecule has 0 bridgehead atoms. The number of pyridine rings is 1. The van der Waals surface area contributed by atoms with Gasteiger partial charge in [-0.05, 0) is 32.0 Å². The van der Waals surface area contributed by atoms with Crippen molar-refractivity contribution in [2.24, 2.45) is 0 Å². The van der Waals surface area contributed by atoms with E-state index in [4.69, 9.17) is 0 Å². The number of hydrogen-bond acceptors (Lipinski definition) is 3. The lowest BCUT2D eigenvalue weighted by Crippen LogP contribution is -2.41. The summed E-state index contributed by atoms with van der Waals surface area (Å²) in [6.45, 7) is 4.66. The number of carbonyl (C=O) groups excluding carboxylic acids is 1. The van der Waals surface area contributed by atoms with Crippen LogP contribution in [0.4, 0.5) is 0 Å². The fraction of sp³-hybridized carbons (Fsp3) is 0.375. The Kier molecular flexibility index (Phi) is 3.65. The van der Waals surface area contributed by atoms with E-state index in [0.717, 1.165) is 42.5 Å². The van der Waals surface area contributed by atoms with Crippen molar-refractivity contribution in [3.05, 3.63) is 42.1 Å². The Morgan fingerprint density at radius 2 is 2.25 bits per heavy atom. The number of carbonyl (C=O) groups is 1. The van der Waals surface area contributed by atoms with Gasteiger partial charge in [-0.3, -0.25) is 9.78 Å². The molecule has 1 saturated heterocycles. The van der Waals surface area contributed by atoms with E-state index in [1.807, 2.05) is 42.2 Å². The highest BCUT2D eigenvalue weighted by atomic mass is 16.2. The Labute approximate surface area is 118 Å². The van der Waals surface area contributed by atoms with Crippen LogP contribution in [0.3, 0.4) is 0 Å². The van der Waals surface area contributed by atoms with Gasteiger partial charge in [0.05, 0.1) is 11.1 Å². The van der Waals surface area contributed by atoms with Crippen LogP contribution >= 0.6 is 0 Å². The van der Waals surface area contributed by atoms with Gasteiger partial charge in [0.1, 0.15) is 0 Å². The standard InChI is InChI=1S/C16H19N3O/c1-2-19(12-7-9-17-11-12)16(20)14-8-10-18-15-6-4-3-5-13(14)15/h3-6,8,10,12,17H,2,7,9,11H2,1H3. The molecule has 4 nitrogen and oxygen atoms in total. The molecule has 20 heavy (non-hydrogen) atoms. The number of benzene rings is 1. The molecule has 0 spiro atoms. The number of rotatable bonds is 3. The topological polar surface area (TPSA) is 45.2 Å². The largest absolute Gasteiger partial charge is 0.335 e. The van der Waals surface area contributed by atoms with E-state index in [1.165, 1.54) is 0 Å². The summed E-state index contributed by atoms with van der Waals surface area (Å²) in [4.78, 5) is 19.1. The highest BCUT2D eigenvalue weighted by Gasteiger charge is 2.26. The molecule has 1 fully saturated rings. The van der Waals surface area contributed by atoms with Crippen molar-refractivity contribution in [2.45, 2.75) is 19.4 Å². The summed E-state index contributed by atoms with van der Waals surface area (Å²) in [6.07, 6.45) is 2.75. The van der Waals surface area contributed by atoms with Gasteiger partial charge in [-0.1, -0.05) is 18.2 Å². The molecule has 2 aromatic rings. The van der Waals surface area contributed by atoms with Crippen molar-refractivity contribution < 1.29 is 4.79 Å². The Bertz CT molecular complexity index is 615. The Morgan fingerprint density at radius 3 is 3.00 bits per heavy atom. The summed E-state index contributed by atoms with van der Waals surface area (Å²) < 4.78 is 0. The molecule has 1 amide bonds. The molecule has 1 N–H and O–H groups in total. The zero-order valence-corrected chi connectivity index (χ0v) is 11.7. The lowest BCUT2D eigenvalue weighted by atomic mass is 10.1. The molecule has 1 aromatic heterocycles. The number of hydrogen-bond donors (Lipinski definition) is 1. The molecule has 1 atom stereocenters. The van der Waals surface area contributed by atoms with Gasteiger partial charge < -0.3 is 10.2 Å². The lowest BCUT2D eigenvalue weighted by molar-refractivity contribution is 0.0705. The third-order valence-electron chi connectivity index (χ3n) is 3.96. The molecule has 0 aliphatic carbocycles. The molecule has 1 aliphatic heterocycles. The van der Waals surface area contributed by atoms with Gasteiger partial charge in [-0.25, -0.2) is 0 Å². The van der Waals surface area contributed by atoms with Crippen molar-refractivity contribution in [2.75, 3.05) is 19.6 Å². The SMILES string of the molecule is CCN(C(=O)c1ccnc2ccccc12)C1CCNC1. The molecule has 104 valence electrons. The summed E-state index contributed by atoms with van der Waals surface area (Å²) in [5.41, 5.74) is 1.63. The monoisotopic (exact) mass is 269 g/mol. The van der Waals surface area contributed by atoms with Crippen LogP contribution in [-0.2, 0) is 0 Å².